The number of hydrogen-bond donors (Lipinski definition) is 1. The van der Waals surface area contributed by atoms with E-state index in [2.05, 4.69) is 24.2 Å². The summed E-state index contributed by atoms with van der Waals surface area (Å²) in [5, 5.41) is 4.19. The van der Waals surface area contributed by atoms with Crippen LogP contribution >= 0.6 is 11.6 Å². The Labute approximate surface area is 184 Å². The molecule has 0 saturated heterocycles. The Morgan fingerprint density at radius 2 is 2.03 bits per heavy atom. The summed E-state index contributed by atoms with van der Waals surface area (Å²) in [6.07, 6.45) is 6.95. The fourth-order valence-corrected chi connectivity index (χ4v) is 3.86. The molecule has 2 atom stereocenters. The Bertz CT molecular complexity index is 890. The van der Waals surface area contributed by atoms with Gasteiger partial charge >= 0.3 is 0 Å². The number of terminal acetylenes is 1. The van der Waals surface area contributed by atoms with Gasteiger partial charge in [0.2, 0.25) is 0 Å². The largest absolute Gasteiger partial charge is 0.485 e. The van der Waals surface area contributed by atoms with Crippen LogP contribution in [0.1, 0.15) is 50.8 Å². The van der Waals surface area contributed by atoms with Crippen molar-refractivity contribution in [2.45, 2.75) is 58.0 Å². The van der Waals surface area contributed by atoms with E-state index in [1.54, 1.807) is 0 Å². The summed E-state index contributed by atoms with van der Waals surface area (Å²) in [6, 6.07) is 13.9. The number of nitrogens with one attached hydrogen (secondary N) is 1. The summed E-state index contributed by atoms with van der Waals surface area (Å²) in [6.45, 7) is 7.72. The Balaban J connectivity index is 1.85. The molecule has 0 bridgehead atoms. The van der Waals surface area contributed by atoms with Crippen molar-refractivity contribution in [3.63, 3.8) is 0 Å². The van der Waals surface area contributed by atoms with Gasteiger partial charge in [-0.25, -0.2) is 0 Å². The molecule has 0 aromatic heterocycles. The molecule has 2 aromatic carbocycles. The second-order valence-electron chi connectivity index (χ2n) is 8.02. The molecule has 0 fully saturated rings. The average molecular weight is 428 g/mol. The SMILES string of the molecule is C#CCOC1C(OCCCC)c2cc(NCc3cccc(Cl)c3)ccc2OC1(C)C. The Morgan fingerprint density at radius 3 is 2.77 bits per heavy atom. The third-order valence-corrected chi connectivity index (χ3v) is 5.41. The van der Waals surface area contributed by atoms with Crippen LogP contribution in [0.25, 0.3) is 0 Å². The van der Waals surface area contributed by atoms with Gasteiger partial charge < -0.3 is 19.5 Å². The van der Waals surface area contributed by atoms with E-state index in [4.69, 9.17) is 32.2 Å². The van der Waals surface area contributed by atoms with Crippen molar-refractivity contribution < 1.29 is 14.2 Å². The van der Waals surface area contributed by atoms with E-state index in [0.29, 0.717) is 13.2 Å². The highest BCUT2D eigenvalue weighted by atomic mass is 35.5. The third kappa shape index (κ3) is 5.49. The summed E-state index contributed by atoms with van der Waals surface area (Å²) < 4.78 is 18.6. The maximum absolute atomic E-state index is 6.31. The molecular weight excluding hydrogens is 398 g/mol. The van der Waals surface area contributed by atoms with Crippen LogP contribution in [-0.2, 0) is 16.0 Å². The predicted octanol–water partition coefficient (Wildman–Crippen LogP) is 6.00. The molecule has 0 saturated carbocycles. The predicted molar refractivity (Wildman–Crippen MR) is 122 cm³/mol. The first-order valence-electron chi connectivity index (χ1n) is 10.4. The lowest BCUT2D eigenvalue weighted by atomic mass is 9.87. The lowest BCUT2D eigenvalue weighted by Crippen LogP contribution is -2.51. The number of rotatable bonds is 9. The lowest BCUT2D eigenvalue weighted by molar-refractivity contribution is -0.156. The number of benzene rings is 2. The van der Waals surface area contributed by atoms with Gasteiger partial charge in [0.15, 0.2) is 0 Å². The standard InChI is InChI=1S/C25H30ClNO3/c1-5-7-14-28-23-21-16-20(27-17-18-9-8-10-19(26)15-18)11-12-22(21)30-25(3,4)24(23)29-13-6-2/h2,8-12,15-16,23-24,27H,5,7,13-14,17H2,1,3-4H3. The van der Waals surface area contributed by atoms with Crippen LogP contribution in [-0.4, -0.2) is 24.9 Å². The van der Waals surface area contributed by atoms with Crippen molar-refractivity contribution in [2.24, 2.45) is 0 Å². The van der Waals surface area contributed by atoms with Crippen molar-refractivity contribution in [3.05, 3.63) is 58.6 Å². The summed E-state index contributed by atoms with van der Waals surface area (Å²) in [5.41, 5.74) is 2.51. The average Bonchev–Trinajstić information content (AvgIpc) is 2.71. The molecule has 0 amide bonds. The van der Waals surface area contributed by atoms with Crippen LogP contribution in [0, 0.1) is 12.3 Å². The van der Waals surface area contributed by atoms with E-state index in [1.807, 2.05) is 50.2 Å². The molecule has 0 spiro atoms. The summed E-state index contributed by atoms with van der Waals surface area (Å²) >= 11 is 6.10. The van der Waals surface area contributed by atoms with Gasteiger partial charge in [-0.05, 0) is 56.2 Å². The molecule has 4 nitrogen and oxygen atoms in total. The second-order valence-corrected chi connectivity index (χ2v) is 8.46. The molecule has 2 aromatic rings. The number of ether oxygens (including phenoxy) is 3. The minimum Gasteiger partial charge on any atom is -0.485 e. The molecule has 2 unspecified atom stereocenters. The third-order valence-electron chi connectivity index (χ3n) is 5.18. The highest BCUT2D eigenvalue weighted by Gasteiger charge is 2.45. The first kappa shape index (κ1) is 22.5. The Morgan fingerprint density at radius 1 is 1.20 bits per heavy atom. The molecule has 160 valence electrons. The van der Waals surface area contributed by atoms with Gasteiger partial charge in [0, 0.05) is 29.4 Å². The molecule has 1 aliphatic rings. The Kier molecular flexibility index (Phi) is 7.66. The van der Waals surface area contributed by atoms with Gasteiger partial charge in [0.1, 0.15) is 30.2 Å². The lowest BCUT2D eigenvalue weighted by Gasteiger charge is -2.44. The van der Waals surface area contributed by atoms with Gasteiger partial charge in [-0.3, -0.25) is 0 Å². The van der Waals surface area contributed by atoms with Crippen LogP contribution in [0.2, 0.25) is 5.02 Å². The maximum Gasteiger partial charge on any atom is 0.132 e. The topological polar surface area (TPSA) is 39.7 Å². The van der Waals surface area contributed by atoms with Crippen LogP contribution in [0.15, 0.2) is 42.5 Å². The molecule has 1 heterocycles. The van der Waals surface area contributed by atoms with Gasteiger partial charge in [0.25, 0.3) is 0 Å². The van der Waals surface area contributed by atoms with Crippen LogP contribution in [0.4, 0.5) is 5.69 Å². The number of hydrogen-bond acceptors (Lipinski definition) is 4. The van der Waals surface area contributed by atoms with E-state index >= 15 is 0 Å². The van der Waals surface area contributed by atoms with E-state index in [9.17, 15) is 0 Å². The van der Waals surface area contributed by atoms with Gasteiger partial charge in [-0.15, -0.1) is 6.42 Å². The fraction of sp³-hybridized carbons (Fsp3) is 0.440. The highest BCUT2D eigenvalue weighted by Crippen LogP contribution is 2.44. The molecule has 1 N–H and O–H groups in total. The first-order chi connectivity index (χ1) is 14.4. The van der Waals surface area contributed by atoms with E-state index in [-0.39, 0.29) is 18.8 Å². The zero-order valence-corrected chi connectivity index (χ0v) is 18.7. The molecule has 0 aliphatic carbocycles. The molecule has 1 aliphatic heterocycles. The van der Waals surface area contributed by atoms with Crippen molar-refractivity contribution >= 4 is 17.3 Å². The molecule has 5 heteroatoms. The number of unbranched alkanes of at least 4 members (excludes halogenated alkanes) is 1. The van der Waals surface area contributed by atoms with Crippen LogP contribution < -0.4 is 10.1 Å². The maximum atomic E-state index is 6.31. The van der Waals surface area contributed by atoms with Crippen molar-refractivity contribution in [2.75, 3.05) is 18.5 Å². The van der Waals surface area contributed by atoms with Crippen LogP contribution in [0.3, 0.4) is 0 Å². The first-order valence-corrected chi connectivity index (χ1v) is 10.8. The normalized spacial score (nSPS) is 19.4. The summed E-state index contributed by atoms with van der Waals surface area (Å²) in [5.74, 6) is 3.38. The molecule has 3 rings (SSSR count). The van der Waals surface area contributed by atoms with Crippen molar-refractivity contribution in [1.82, 2.24) is 0 Å². The van der Waals surface area contributed by atoms with Crippen molar-refractivity contribution in [3.8, 4) is 18.1 Å². The summed E-state index contributed by atoms with van der Waals surface area (Å²) in [4.78, 5) is 0. The minimum absolute atomic E-state index is 0.215. The zero-order chi connectivity index (χ0) is 21.6. The van der Waals surface area contributed by atoms with E-state index in [1.165, 1.54) is 0 Å². The number of anilines is 1. The highest BCUT2D eigenvalue weighted by molar-refractivity contribution is 6.30. The van der Waals surface area contributed by atoms with Gasteiger partial charge in [0.05, 0.1) is 0 Å². The molecular formula is C25H30ClNO3. The van der Waals surface area contributed by atoms with E-state index < -0.39 is 5.60 Å². The van der Waals surface area contributed by atoms with Crippen molar-refractivity contribution in [1.29, 1.82) is 0 Å². The molecule has 0 radical (unpaired) electrons. The second kappa shape index (κ2) is 10.2. The fourth-order valence-electron chi connectivity index (χ4n) is 3.65. The van der Waals surface area contributed by atoms with Gasteiger partial charge in [-0.2, -0.15) is 0 Å². The smallest absolute Gasteiger partial charge is 0.132 e. The number of halogens is 1. The van der Waals surface area contributed by atoms with Crippen LogP contribution in [0.5, 0.6) is 5.75 Å². The molecule has 30 heavy (non-hydrogen) atoms. The Hall–Kier alpha value is -2.19. The quantitative estimate of drug-likeness (QED) is 0.393. The monoisotopic (exact) mass is 427 g/mol. The zero-order valence-electron chi connectivity index (χ0n) is 17.9. The number of fused-ring (bicyclic) bond motifs is 1. The summed E-state index contributed by atoms with van der Waals surface area (Å²) in [7, 11) is 0. The van der Waals surface area contributed by atoms with Gasteiger partial charge in [-0.1, -0.05) is 43.0 Å². The van der Waals surface area contributed by atoms with E-state index in [0.717, 1.165) is 40.4 Å². The minimum atomic E-state index is -0.559.